The van der Waals surface area contributed by atoms with E-state index in [0.29, 0.717) is 6.61 Å². The van der Waals surface area contributed by atoms with E-state index in [9.17, 15) is 4.79 Å². The Bertz CT molecular complexity index is 1320. The molecule has 3 heterocycles. The van der Waals surface area contributed by atoms with Crippen LogP contribution in [0.3, 0.4) is 0 Å². The predicted molar refractivity (Wildman–Crippen MR) is 115 cm³/mol. The summed E-state index contributed by atoms with van der Waals surface area (Å²) in [6.45, 7) is 8.61. The summed E-state index contributed by atoms with van der Waals surface area (Å²) < 4.78 is 9.60. The molecule has 2 aromatic carbocycles. The van der Waals surface area contributed by atoms with Crippen LogP contribution in [0.15, 0.2) is 35.1 Å². The summed E-state index contributed by atoms with van der Waals surface area (Å²) in [6.07, 6.45) is 0. The van der Waals surface area contributed by atoms with Crippen molar-refractivity contribution in [3.05, 3.63) is 68.1 Å². The van der Waals surface area contributed by atoms with E-state index in [-0.39, 0.29) is 5.69 Å². The molecule has 29 heavy (non-hydrogen) atoms. The van der Waals surface area contributed by atoms with Crippen LogP contribution in [0.5, 0.6) is 5.75 Å². The van der Waals surface area contributed by atoms with E-state index in [0.717, 1.165) is 50.1 Å². The standard InChI is InChI=1S/C22H22N4O2S/c1-12-7-6-8-18-17(12)11-28-19-10-9-16(21-23-14(3)15(4)29-21)20(13(19)2)26-24(5)22(27)25(18)26/h6-10H,11H2,1-5H3. The van der Waals surface area contributed by atoms with Crippen LogP contribution in [0, 0.1) is 27.7 Å². The fourth-order valence-electron chi connectivity index (χ4n) is 3.93. The number of benzene rings is 2. The molecular formula is C22H22N4O2S. The number of ether oxygens (including phenoxy) is 1. The van der Waals surface area contributed by atoms with Crippen molar-refractivity contribution in [3.8, 4) is 27.7 Å². The Balaban J connectivity index is 1.88. The van der Waals surface area contributed by atoms with Crippen LogP contribution in [0.4, 0.5) is 0 Å². The number of aromatic nitrogens is 4. The van der Waals surface area contributed by atoms with Gasteiger partial charge in [-0.3, -0.25) is 0 Å². The maximum absolute atomic E-state index is 12.9. The highest BCUT2D eigenvalue weighted by Gasteiger charge is 2.27. The van der Waals surface area contributed by atoms with E-state index in [1.165, 1.54) is 4.88 Å². The lowest BCUT2D eigenvalue weighted by molar-refractivity contribution is 0.303. The lowest BCUT2D eigenvalue weighted by Gasteiger charge is -2.27. The molecule has 0 spiro atoms. The van der Waals surface area contributed by atoms with Gasteiger partial charge in [0.25, 0.3) is 0 Å². The first-order valence-corrected chi connectivity index (χ1v) is 10.4. The van der Waals surface area contributed by atoms with Gasteiger partial charge in [0.15, 0.2) is 0 Å². The number of thiazole rings is 1. The summed E-state index contributed by atoms with van der Waals surface area (Å²) in [4.78, 5) is 20.8. The van der Waals surface area contributed by atoms with E-state index in [2.05, 4.69) is 6.92 Å². The molecule has 1 aliphatic rings. The molecule has 0 aliphatic carbocycles. The van der Waals surface area contributed by atoms with E-state index in [1.54, 1.807) is 27.7 Å². The van der Waals surface area contributed by atoms with Crippen molar-refractivity contribution >= 4 is 11.3 Å². The van der Waals surface area contributed by atoms with Crippen LogP contribution in [-0.4, -0.2) is 19.1 Å². The van der Waals surface area contributed by atoms with Crippen LogP contribution in [0.25, 0.3) is 21.9 Å². The van der Waals surface area contributed by atoms with Gasteiger partial charge in [-0.25, -0.2) is 14.5 Å². The number of hydrogen-bond acceptors (Lipinski definition) is 4. The Morgan fingerprint density at radius 3 is 2.62 bits per heavy atom. The molecule has 2 aromatic heterocycles. The second-order valence-electron chi connectivity index (χ2n) is 7.51. The zero-order chi connectivity index (χ0) is 20.4. The fourth-order valence-corrected chi connectivity index (χ4v) is 4.87. The van der Waals surface area contributed by atoms with Crippen molar-refractivity contribution in [2.24, 2.45) is 7.05 Å². The van der Waals surface area contributed by atoms with Crippen LogP contribution in [-0.2, 0) is 13.7 Å². The summed E-state index contributed by atoms with van der Waals surface area (Å²) >= 11 is 1.67. The van der Waals surface area contributed by atoms with Crippen molar-refractivity contribution < 1.29 is 4.74 Å². The fraction of sp³-hybridized carbons (Fsp3) is 0.273. The molecule has 148 valence electrons. The van der Waals surface area contributed by atoms with Gasteiger partial charge in [0, 0.05) is 28.6 Å². The molecule has 4 aromatic rings. The maximum Gasteiger partial charge on any atom is 0.365 e. The van der Waals surface area contributed by atoms with E-state index < -0.39 is 0 Å². The first kappa shape index (κ1) is 18.0. The minimum atomic E-state index is -0.0685. The second-order valence-corrected chi connectivity index (χ2v) is 8.72. The first-order chi connectivity index (χ1) is 13.9. The van der Waals surface area contributed by atoms with Crippen LogP contribution in [0.1, 0.15) is 27.3 Å². The lowest BCUT2D eigenvalue weighted by Crippen LogP contribution is -2.48. The third kappa shape index (κ3) is 2.47. The van der Waals surface area contributed by atoms with Crippen molar-refractivity contribution in [1.29, 1.82) is 0 Å². The van der Waals surface area contributed by atoms with Gasteiger partial charge in [0.1, 0.15) is 17.4 Å². The minimum absolute atomic E-state index is 0.0685. The van der Waals surface area contributed by atoms with Gasteiger partial charge in [0.2, 0.25) is 0 Å². The molecule has 7 heteroatoms. The summed E-state index contributed by atoms with van der Waals surface area (Å²) in [7, 11) is 1.79. The zero-order valence-electron chi connectivity index (χ0n) is 17.1. The molecule has 0 radical (unpaired) electrons. The third-order valence-corrected chi connectivity index (χ3v) is 6.86. The number of fused-ring (bicyclic) bond motifs is 6. The van der Waals surface area contributed by atoms with Crippen molar-refractivity contribution in [3.63, 3.8) is 0 Å². The SMILES string of the molecule is Cc1cccc2c1COc1ccc(-c3nc(C)c(C)s3)c(c1C)-n1n(C)c(=O)n1-2. The molecule has 6 nitrogen and oxygen atoms in total. The summed E-state index contributed by atoms with van der Waals surface area (Å²) in [6, 6.07) is 10.1. The summed E-state index contributed by atoms with van der Waals surface area (Å²) in [5, 5.41) is 0.945. The van der Waals surface area contributed by atoms with Crippen molar-refractivity contribution in [1.82, 2.24) is 19.1 Å². The van der Waals surface area contributed by atoms with Gasteiger partial charge >= 0.3 is 5.69 Å². The highest BCUT2D eigenvalue weighted by atomic mass is 32.1. The second kappa shape index (κ2) is 6.22. The number of rotatable bonds is 1. The molecule has 0 amide bonds. The average Bonchev–Trinajstić information content (AvgIpc) is 3.04. The van der Waals surface area contributed by atoms with Gasteiger partial charge in [-0.15, -0.1) is 11.3 Å². The van der Waals surface area contributed by atoms with Crippen LogP contribution >= 0.6 is 11.3 Å². The first-order valence-electron chi connectivity index (χ1n) is 9.55. The molecule has 5 rings (SSSR count). The Morgan fingerprint density at radius 2 is 1.90 bits per heavy atom. The molecule has 1 aliphatic heterocycles. The average molecular weight is 407 g/mol. The molecule has 0 unspecified atom stereocenters. The maximum atomic E-state index is 12.9. The van der Waals surface area contributed by atoms with E-state index >= 15 is 0 Å². The number of hydrogen-bond donors (Lipinski definition) is 0. The molecular weight excluding hydrogens is 384 g/mol. The molecule has 0 fully saturated rings. The molecule has 0 atom stereocenters. The predicted octanol–water partition coefficient (Wildman–Crippen LogP) is 4.22. The van der Waals surface area contributed by atoms with Gasteiger partial charge in [-0.2, -0.15) is 9.48 Å². The topological polar surface area (TPSA) is 54.0 Å². The number of nitrogens with zero attached hydrogens (tertiary/aromatic N) is 4. The van der Waals surface area contributed by atoms with Gasteiger partial charge in [-0.1, -0.05) is 12.1 Å². The van der Waals surface area contributed by atoms with Gasteiger partial charge < -0.3 is 4.74 Å². The van der Waals surface area contributed by atoms with E-state index in [4.69, 9.17) is 9.72 Å². The van der Waals surface area contributed by atoms with Gasteiger partial charge in [0.05, 0.1) is 17.1 Å². The minimum Gasteiger partial charge on any atom is -0.488 e. The smallest absolute Gasteiger partial charge is 0.365 e. The molecule has 0 saturated carbocycles. The van der Waals surface area contributed by atoms with Crippen LogP contribution in [0.2, 0.25) is 0 Å². The van der Waals surface area contributed by atoms with Crippen LogP contribution < -0.4 is 10.4 Å². The van der Waals surface area contributed by atoms with Crippen molar-refractivity contribution in [2.45, 2.75) is 34.3 Å². The Morgan fingerprint density at radius 1 is 1.10 bits per heavy atom. The summed E-state index contributed by atoms with van der Waals surface area (Å²) in [5.41, 5.74) is 6.84. The highest BCUT2D eigenvalue weighted by molar-refractivity contribution is 7.15. The van der Waals surface area contributed by atoms with Gasteiger partial charge in [-0.05, 0) is 51.5 Å². The quantitative estimate of drug-likeness (QED) is 0.476. The molecule has 0 N–H and O–H groups in total. The highest BCUT2D eigenvalue weighted by Crippen LogP contribution is 2.39. The Hall–Kier alpha value is -3.06. The largest absolute Gasteiger partial charge is 0.488 e. The molecule has 2 bridgehead atoms. The zero-order valence-corrected chi connectivity index (χ0v) is 17.9. The Labute approximate surface area is 172 Å². The van der Waals surface area contributed by atoms with E-state index in [1.807, 2.05) is 55.9 Å². The summed E-state index contributed by atoms with van der Waals surface area (Å²) in [5.74, 6) is 0.817. The van der Waals surface area contributed by atoms with Crippen molar-refractivity contribution in [2.75, 3.05) is 0 Å². The normalized spacial score (nSPS) is 12.6. The molecule has 0 saturated heterocycles. The Kier molecular flexibility index (Phi) is 3.86. The number of aryl methyl sites for hydroxylation is 3. The lowest BCUT2D eigenvalue weighted by atomic mass is 10.1. The monoisotopic (exact) mass is 406 g/mol. The third-order valence-electron chi connectivity index (χ3n) is 5.76.